The van der Waals surface area contributed by atoms with E-state index in [1.54, 1.807) is 0 Å². The summed E-state index contributed by atoms with van der Waals surface area (Å²) in [6, 6.07) is 26.3. The fourth-order valence-corrected chi connectivity index (χ4v) is 6.15. The molecule has 0 saturated carbocycles. The van der Waals surface area contributed by atoms with Crippen molar-refractivity contribution in [1.82, 2.24) is 39.9 Å². The summed E-state index contributed by atoms with van der Waals surface area (Å²) in [5, 5.41) is 12.8. The molecule has 4 aromatic carbocycles. The van der Waals surface area contributed by atoms with E-state index in [-0.39, 0.29) is 27.7 Å². The van der Waals surface area contributed by atoms with Crippen LogP contribution in [-0.2, 0) is 17.1 Å². The van der Waals surface area contributed by atoms with Crippen LogP contribution in [0, 0.1) is 0 Å². The van der Waals surface area contributed by atoms with Gasteiger partial charge in [-0.1, -0.05) is 84.4 Å². The monoisotopic (exact) mass is 655 g/mol. The SMILES string of the molecule is O=C(O)c1cc(Cl)c2c3nc4nc(nc5[nH]c(nc6nc(nc([nH]3)c2c1)-c1ccccc1-6)c1ccccc51)-c1ccccc1-4.[Cu]. The van der Waals surface area contributed by atoms with E-state index >= 15 is 0 Å². The Morgan fingerprint density at radius 3 is 1.42 bits per heavy atom. The molecule has 1 radical (unpaired) electrons. The molecule has 10 nitrogen and oxygen atoms in total. The van der Waals surface area contributed by atoms with Gasteiger partial charge in [0.15, 0.2) is 23.3 Å². The van der Waals surface area contributed by atoms with Gasteiger partial charge in [0.25, 0.3) is 0 Å². The van der Waals surface area contributed by atoms with Crippen LogP contribution in [-0.4, -0.2) is 50.9 Å². The molecule has 0 aliphatic carbocycles. The van der Waals surface area contributed by atoms with Gasteiger partial charge in [0.1, 0.15) is 22.6 Å². The zero-order chi connectivity index (χ0) is 29.5. The number of hydrogen-bond donors (Lipinski definition) is 3. The fraction of sp³-hybridized carbons (Fsp3) is 0. The molecule has 45 heavy (non-hydrogen) atoms. The Labute approximate surface area is 268 Å². The van der Waals surface area contributed by atoms with Crippen molar-refractivity contribution in [3.8, 4) is 45.6 Å². The van der Waals surface area contributed by atoms with E-state index < -0.39 is 5.97 Å². The molecule has 3 N–H and O–H groups in total. The van der Waals surface area contributed by atoms with Gasteiger partial charge in [0.05, 0.1) is 10.6 Å². The van der Waals surface area contributed by atoms with Crippen molar-refractivity contribution in [1.29, 1.82) is 0 Å². The molecule has 9 rings (SSSR count). The third-order valence-corrected chi connectivity index (χ3v) is 8.15. The Balaban J connectivity index is 0.00000300. The summed E-state index contributed by atoms with van der Waals surface area (Å²) in [5.41, 5.74) is 5.20. The van der Waals surface area contributed by atoms with Crippen molar-refractivity contribution in [3.05, 3.63) is 95.5 Å². The van der Waals surface area contributed by atoms with Crippen LogP contribution >= 0.6 is 11.6 Å². The van der Waals surface area contributed by atoms with Crippen LogP contribution in [0.1, 0.15) is 10.4 Å². The van der Waals surface area contributed by atoms with Gasteiger partial charge in [-0.3, -0.25) is 0 Å². The number of aromatic nitrogens is 8. The average Bonchev–Trinajstić information content (AvgIpc) is 3.76. The molecule has 219 valence electrons. The third-order valence-electron chi connectivity index (χ3n) is 7.85. The molecule has 2 aliphatic rings. The summed E-state index contributed by atoms with van der Waals surface area (Å²) in [6.07, 6.45) is 0. The number of fused-ring (bicyclic) bond motifs is 20. The zero-order valence-corrected chi connectivity index (χ0v) is 24.5. The third kappa shape index (κ3) is 4.13. The van der Waals surface area contributed by atoms with Crippen LogP contribution in [0.4, 0.5) is 0 Å². The number of nitrogens with one attached hydrogen (secondary N) is 2. The number of H-pyrrole nitrogens is 2. The predicted molar refractivity (Wildman–Crippen MR) is 168 cm³/mol. The maximum absolute atomic E-state index is 12.0. The number of benzene rings is 4. The number of hydrogen-bond acceptors (Lipinski definition) is 7. The number of rotatable bonds is 1. The van der Waals surface area contributed by atoms with E-state index in [1.165, 1.54) is 12.1 Å². The summed E-state index contributed by atoms with van der Waals surface area (Å²) in [4.78, 5) is 48.1. The van der Waals surface area contributed by atoms with Gasteiger partial charge < -0.3 is 15.1 Å². The quantitative estimate of drug-likeness (QED) is 0.157. The summed E-state index contributed by atoms with van der Waals surface area (Å²) >= 11 is 6.72. The van der Waals surface area contributed by atoms with Gasteiger partial charge in [0, 0.05) is 60.9 Å². The van der Waals surface area contributed by atoms with Gasteiger partial charge >= 0.3 is 5.97 Å². The van der Waals surface area contributed by atoms with Crippen LogP contribution in [0.25, 0.3) is 89.7 Å². The molecule has 0 unspecified atom stereocenters. The number of nitrogens with zero attached hydrogens (tertiary/aromatic N) is 6. The van der Waals surface area contributed by atoms with Gasteiger partial charge in [-0.2, -0.15) is 0 Å². The minimum atomic E-state index is -1.11. The van der Waals surface area contributed by atoms with Crippen molar-refractivity contribution in [2.24, 2.45) is 0 Å². The van der Waals surface area contributed by atoms with Crippen molar-refractivity contribution < 1.29 is 27.0 Å². The number of halogens is 1. The normalized spacial score (nSPS) is 11.7. The first-order chi connectivity index (χ1) is 21.5. The average molecular weight is 657 g/mol. The zero-order valence-electron chi connectivity index (χ0n) is 22.8. The molecule has 0 atom stereocenters. The maximum Gasteiger partial charge on any atom is 0.335 e. The summed E-state index contributed by atoms with van der Waals surface area (Å²) in [7, 11) is 0. The Bertz CT molecular complexity index is 2580. The van der Waals surface area contributed by atoms with Crippen LogP contribution in [0.15, 0.2) is 84.9 Å². The largest absolute Gasteiger partial charge is 0.478 e. The molecule has 0 fully saturated rings. The molecule has 8 bridgehead atoms. The van der Waals surface area contributed by atoms with Crippen LogP contribution < -0.4 is 0 Å². The first kappa shape index (κ1) is 27.1. The van der Waals surface area contributed by atoms with E-state index in [9.17, 15) is 9.90 Å². The number of carbonyl (C=O) groups is 1. The topological polar surface area (TPSA) is 146 Å². The van der Waals surface area contributed by atoms with E-state index in [0.717, 1.165) is 33.0 Å². The minimum absolute atomic E-state index is 0. The molecule has 2 aliphatic heterocycles. The predicted octanol–water partition coefficient (Wildman–Crippen LogP) is 7.22. The molecule has 7 aromatic rings. The Morgan fingerprint density at radius 2 is 0.956 bits per heavy atom. The fourth-order valence-electron chi connectivity index (χ4n) is 5.84. The molecular weight excluding hydrogens is 639 g/mol. The van der Waals surface area contributed by atoms with Crippen molar-refractivity contribution >= 4 is 61.7 Å². The summed E-state index contributed by atoms with van der Waals surface area (Å²) in [6.45, 7) is 0. The number of carboxylic acid groups (broad SMARTS) is 1. The van der Waals surface area contributed by atoms with E-state index in [0.29, 0.717) is 56.7 Å². The van der Waals surface area contributed by atoms with Gasteiger partial charge in [0.2, 0.25) is 0 Å². The van der Waals surface area contributed by atoms with Crippen molar-refractivity contribution in [3.63, 3.8) is 0 Å². The van der Waals surface area contributed by atoms with E-state index in [2.05, 4.69) is 9.97 Å². The molecule has 5 heterocycles. The molecule has 12 heteroatoms. The van der Waals surface area contributed by atoms with Gasteiger partial charge in [-0.15, -0.1) is 0 Å². The van der Waals surface area contributed by atoms with E-state index in [1.807, 2.05) is 72.8 Å². The summed E-state index contributed by atoms with van der Waals surface area (Å²) < 4.78 is 0. The smallest absolute Gasteiger partial charge is 0.335 e. The van der Waals surface area contributed by atoms with Gasteiger partial charge in [-0.05, 0) is 12.1 Å². The van der Waals surface area contributed by atoms with Crippen LogP contribution in [0.3, 0.4) is 0 Å². The molecule has 3 aromatic heterocycles. The first-order valence-electron chi connectivity index (χ1n) is 13.7. The minimum Gasteiger partial charge on any atom is -0.478 e. The molecule has 0 spiro atoms. The molecule has 0 amide bonds. The second-order valence-corrected chi connectivity index (χ2v) is 10.8. The molecular formula is C33H17ClCuN8O2. The Hall–Kier alpha value is -5.48. The first-order valence-corrected chi connectivity index (χ1v) is 14.1. The Kier molecular flexibility index (Phi) is 6.04. The van der Waals surface area contributed by atoms with E-state index in [4.69, 9.17) is 41.5 Å². The number of aromatic amines is 2. The second kappa shape index (κ2) is 10.0. The van der Waals surface area contributed by atoms with Crippen molar-refractivity contribution in [2.45, 2.75) is 0 Å². The Morgan fingerprint density at radius 1 is 0.556 bits per heavy atom. The standard InChI is InChI=1S/C33H17ClN8O2.Cu/c34-23-14-15(33(43)44)13-22-24(23)32-41-30-21-12-6-5-11-20(21)28(39-30)37-26-17-8-2-1-7-16(17)25(35-26)36-27-18-9-3-4-10-19(18)29(38-27)40-31(22)42-32;/h1-14H,(H,43,44)(H2,35,36,37,38,39,40,41,42);. The number of carboxylic acids is 1. The van der Waals surface area contributed by atoms with Crippen LogP contribution in [0.5, 0.6) is 0 Å². The second-order valence-electron chi connectivity index (χ2n) is 10.4. The van der Waals surface area contributed by atoms with Crippen LogP contribution in [0.2, 0.25) is 5.02 Å². The molecule has 0 saturated heterocycles. The summed E-state index contributed by atoms with van der Waals surface area (Å²) in [5.74, 6) is 0.707. The number of aromatic carboxylic acids is 1. The van der Waals surface area contributed by atoms with Gasteiger partial charge in [-0.25, -0.2) is 34.7 Å². The van der Waals surface area contributed by atoms with Crippen molar-refractivity contribution in [2.75, 3.05) is 0 Å². The maximum atomic E-state index is 12.0.